The van der Waals surface area contributed by atoms with Gasteiger partial charge in [-0.25, -0.2) is 19.7 Å². The van der Waals surface area contributed by atoms with Crippen LogP contribution in [0.5, 0.6) is 5.75 Å². The van der Waals surface area contributed by atoms with Gasteiger partial charge < -0.3 is 14.8 Å². The number of carbonyl (C=O) groups is 3. The van der Waals surface area contributed by atoms with Gasteiger partial charge in [-0.15, -0.1) is 0 Å². The lowest BCUT2D eigenvalue weighted by Gasteiger charge is -2.19. The van der Waals surface area contributed by atoms with Crippen LogP contribution >= 0.6 is 23.4 Å². The first-order valence-corrected chi connectivity index (χ1v) is 13.3. The number of rotatable bonds is 9. The Balaban J connectivity index is 1.82. The third-order valence-corrected chi connectivity index (χ3v) is 7.09. The van der Waals surface area contributed by atoms with Gasteiger partial charge in [-0.05, 0) is 68.8 Å². The van der Waals surface area contributed by atoms with Crippen molar-refractivity contribution in [2.45, 2.75) is 39.3 Å². The predicted molar refractivity (Wildman–Crippen MR) is 150 cm³/mol. The highest BCUT2D eigenvalue weighted by Crippen LogP contribution is 2.40. The highest BCUT2D eigenvalue weighted by molar-refractivity contribution is 8.04. The summed E-state index contributed by atoms with van der Waals surface area (Å²) in [5.74, 6) is -1.53. The highest BCUT2D eigenvalue weighted by atomic mass is 35.5. The Kier molecular flexibility index (Phi) is 8.57. The molecule has 0 unspecified atom stereocenters. The van der Waals surface area contributed by atoms with Crippen LogP contribution < -0.4 is 15.0 Å². The second-order valence-electron chi connectivity index (χ2n) is 8.76. The minimum atomic E-state index is -0.655. The summed E-state index contributed by atoms with van der Waals surface area (Å²) in [4.78, 5) is 50.5. The largest absolute Gasteiger partial charge is 0.495 e. The molecule has 2 heterocycles. The van der Waals surface area contributed by atoms with Crippen LogP contribution in [0.25, 0.3) is 0 Å². The third-order valence-electron chi connectivity index (χ3n) is 5.74. The molecule has 1 aromatic heterocycles. The van der Waals surface area contributed by atoms with Crippen LogP contribution in [0, 0.1) is 20.8 Å². The molecule has 0 atom stereocenters. The number of halogens is 1. The van der Waals surface area contributed by atoms with Crippen molar-refractivity contribution >= 4 is 52.5 Å². The first-order chi connectivity index (χ1) is 18.6. The van der Waals surface area contributed by atoms with Gasteiger partial charge >= 0.3 is 5.97 Å². The number of esters is 1. The molecule has 1 N–H and O–H groups in total. The molecule has 11 heteroatoms. The smallest absolute Gasteiger partial charge is 0.340 e. The maximum Gasteiger partial charge on any atom is 0.340 e. The molecule has 9 nitrogen and oxygen atoms in total. The van der Waals surface area contributed by atoms with Crippen LogP contribution in [0.15, 0.2) is 58.2 Å². The van der Waals surface area contributed by atoms with Gasteiger partial charge in [0.1, 0.15) is 16.4 Å². The second kappa shape index (κ2) is 11.9. The van der Waals surface area contributed by atoms with Crippen LogP contribution in [0.4, 0.5) is 11.4 Å². The molecule has 0 aliphatic carbocycles. The van der Waals surface area contributed by atoms with Gasteiger partial charge in [0.25, 0.3) is 11.8 Å². The third kappa shape index (κ3) is 5.91. The molecule has 3 aromatic rings. The van der Waals surface area contributed by atoms with E-state index in [-0.39, 0.29) is 28.5 Å². The molecule has 2 aromatic carbocycles. The van der Waals surface area contributed by atoms with Crippen molar-refractivity contribution in [1.82, 2.24) is 9.97 Å². The summed E-state index contributed by atoms with van der Waals surface area (Å²) in [5.41, 5.74) is 2.81. The van der Waals surface area contributed by atoms with Gasteiger partial charge in [0.15, 0.2) is 5.16 Å². The lowest BCUT2D eigenvalue weighted by molar-refractivity contribution is -0.120. The Bertz CT molecular complexity index is 1490. The Morgan fingerprint density at radius 1 is 1.05 bits per heavy atom. The fourth-order valence-electron chi connectivity index (χ4n) is 3.94. The Labute approximate surface area is 235 Å². The number of anilines is 2. The van der Waals surface area contributed by atoms with E-state index in [1.54, 1.807) is 24.3 Å². The van der Waals surface area contributed by atoms with Gasteiger partial charge in [-0.1, -0.05) is 30.7 Å². The van der Waals surface area contributed by atoms with E-state index in [9.17, 15) is 14.4 Å². The molecule has 4 rings (SSSR count). The van der Waals surface area contributed by atoms with Crippen molar-refractivity contribution in [1.29, 1.82) is 0 Å². The molecule has 0 saturated heterocycles. The molecular weight excluding hydrogens is 540 g/mol. The zero-order valence-corrected chi connectivity index (χ0v) is 23.7. The zero-order valence-electron chi connectivity index (χ0n) is 22.1. The van der Waals surface area contributed by atoms with Gasteiger partial charge in [0, 0.05) is 22.5 Å². The molecule has 39 heavy (non-hydrogen) atoms. The number of hydrogen-bond acceptors (Lipinski definition) is 9. The van der Waals surface area contributed by atoms with E-state index in [2.05, 4.69) is 15.3 Å². The van der Waals surface area contributed by atoms with E-state index in [1.165, 1.54) is 19.2 Å². The summed E-state index contributed by atoms with van der Waals surface area (Å²) in [7, 11) is 1.48. The number of aryl methyl sites for hydroxylation is 3. The lowest BCUT2D eigenvalue weighted by atomic mass is 10.1. The van der Waals surface area contributed by atoms with Crippen LogP contribution in [-0.2, 0) is 14.3 Å². The van der Waals surface area contributed by atoms with Crippen molar-refractivity contribution in [3.63, 3.8) is 0 Å². The summed E-state index contributed by atoms with van der Waals surface area (Å²) in [6.45, 7) is 7.53. The monoisotopic (exact) mass is 566 g/mol. The maximum absolute atomic E-state index is 13.9. The van der Waals surface area contributed by atoms with E-state index >= 15 is 0 Å². The minimum Gasteiger partial charge on any atom is -0.495 e. The molecule has 1 aliphatic heterocycles. The summed E-state index contributed by atoms with van der Waals surface area (Å²) in [6, 6.07) is 11.5. The number of nitrogens with zero attached hydrogens (tertiary/aromatic N) is 3. The van der Waals surface area contributed by atoms with Gasteiger partial charge in [0.05, 0.1) is 30.7 Å². The van der Waals surface area contributed by atoms with Crippen molar-refractivity contribution in [2.75, 3.05) is 23.9 Å². The molecule has 202 valence electrons. The Morgan fingerprint density at radius 2 is 1.74 bits per heavy atom. The summed E-state index contributed by atoms with van der Waals surface area (Å²) < 4.78 is 10.8. The number of methoxy groups -OCH3 is 1. The topological polar surface area (TPSA) is 111 Å². The number of benzene rings is 2. The average Bonchev–Trinajstić information content (AvgIpc) is 3.12. The number of nitrogens with one attached hydrogen (secondary N) is 1. The fraction of sp³-hybridized carbons (Fsp3) is 0.250. The van der Waals surface area contributed by atoms with Gasteiger partial charge in [0.2, 0.25) is 0 Å². The van der Waals surface area contributed by atoms with Gasteiger partial charge in [-0.2, -0.15) is 0 Å². The van der Waals surface area contributed by atoms with Crippen molar-refractivity contribution in [3.05, 3.63) is 80.6 Å². The Hall–Kier alpha value is -3.89. The van der Waals surface area contributed by atoms with E-state index < -0.39 is 17.8 Å². The minimum absolute atomic E-state index is 0.00971. The van der Waals surface area contributed by atoms with Crippen LogP contribution in [0.1, 0.15) is 40.7 Å². The lowest BCUT2D eigenvalue weighted by Crippen LogP contribution is -2.34. The first-order valence-electron chi connectivity index (χ1n) is 12.1. The average molecular weight is 567 g/mol. The van der Waals surface area contributed by atoms with Gasteiger partial charge in [-0.3, -0.25) is 9.59 Å². The number of hydrogen-bond donors (Lipinski definition) is 1. The highest BCUT2D eigenvalue weighted by Gasteiger charge is 2.42. The van der Waals surface area contributed by atoms with E-state index in [4.69, 9.17) is 21.1 Å². The number of imide groups is 1. The van der Waals surface area contributed by atoms with E-state index in [0.717, 1.165) is 22.2 Å². The van der Waals surface area contributed by atoms with Crippen LogP contribution in [0.2, 0.25) is 5.02 Å². The molecular formula is C28H27ClN4O5S. The quantitative estimate of drug-likeness (QED) is 0.200. The van der Waals surface area contributed by atoms with Crippen molar-refractivity contribution < 1.29 is 23.9 Å². The van der Waals surface area contributed by atoms with E-state index in [0.29, 0.717) is 39.4 Å². The first kappa shape index (κ1) is 28.1. The molecule has 0 saturated carbocycles. The molecule has 1 aliphatic rings. The van der Waals surface area contributed by atoms with Crippen molar-refractivity contribution in [2.24, 2.45) is 0 Å². The Morgan fingerprint density at radius 3 is 2.41 bits per heavy atom. The van der Waals surface area contributed by atoms with E-state index in [1.807, 2.05) is 33.8 Å². The maximum atomic E-state index is 13.9. The number of para-hydroxylation sites is 1. The van der Waals surface area contributed by atoms with Crippen molar-refractivity contribution in [3.8, 4) is 5.75 Å². The number of amides is 2. The SMILES string of the molecule is CCCOC(=O)c1ccccc1N1C(=O)C(Nc2cc(C)c(Cl)cc2OC)=C(Sc2nc(C)cc(C)n2)C1=O. The normalized spacial score (nSPS) is 13.2. The molecule has 0 radical (unpaired) electrons. The molecule has 0 bridgehead atoms. The molecule has 2 amide bonds. The summed E-state index contributed by atoms with van der Waals surface area (Å²) in [5, 5.41) is 3.87. The second-order valence-corrected chi connectivity index (χ2v) is 10.1. The standard InChI is InChI=1S/C28H27ClN4O5S/c1-6-11-38-27(36)18-9-7-8-10-21(18)33-25(34)23(32-20-12-15(2)19(29)14-22(20)37-5)24(26(33)35)39-28-30-16(3)13-17(4)31-28/h7-10,12-14,32H,6,11H2,1-5H3. The molecule has 0 fully saturated rings. The number of aromatic nitrogens is 2. The summed E-state index contributed by atoms with van der Waals surface area (Å²) in [6.07, 6.45) is 0.629. The van der Waals surface area contributed by atoms with Crippen LogP contribution in [-0.4, -0.2) is 41.5 Å². The van der Waals surface area contributed by atoms with Crippen LogP contribution in [0.3, 0.4) is 0 Å². The number of thioether (sulfide) groups is 1. The molecule has 0 spiro atoms. The zero-order chi connectivity index (χ0) is 28.3. The summed E-state index contributed by atoms with van der Waals surface area (Å²) >= 11 is 7.24. The fourth-order valence-corrected chi connectivity index (χ4v) is 5.08. The number of carbonyl (C=O) groups excluding carboxylic acids is 3. The predicted octanol–water partition coefficient (Wildman–Crippen LogP) is 5.62. The number of ether oxygens (including phenoxy) is 2.